The van der Waals surface area contributed by atoms with Crippen molar-refractivity contribution in [2.75, 3.05) is 7.11 Å². The number of methoxy groups -OCH3 is 1. The number of allylic oxidation sites excluding steroid dienone is 2. The fraction of sp³-hybridized carbons (Fsp3) is 0.444. The molecule has 46 heavy (non-hydrogen) atoms. The zero-order chi connectivity index (χ0) is 34.0. The van der Waals surface area contributed by atoms with Crippen LogP contribution < -0.4 is 10.6 Å². The Hall–Kier alpha value is -4.60. The third-order valence-corrected chi connectivity index (χ3v) is 9.38. The summed E-state index contributed by atoms with van der Waals surface area (Å²) in [5, 5.41) is 15.6. The number of hydrogen-bond donors (Lipinski definition) is 5. The summed E-state index contributed by atoms with van der Waals surface area (Å²) in [5.74, 6) is -1.91. The van der Waals surface area contributed by atoms with E-state index in [1.807, 2.05) is 67.5 Å². The molecule has 0 fully saturated rings. The van der Waals surface area contributed by atoms with Gasteiger partial charge in [0.2, 0.25) is 0 Å². The van der Waals surface area contributed by atoms with Crippen LogP contribution in [0.3, 0.4) is 0 Å². The van der Waals surface area contributed by atoms with Gasteiger partial charge in [-0.25, -0.2) is 0 Å². The van der Waals surface area contributed by atoms with Crippen LogP contribution in [0, 0.1) is 13.8 Å². The molecule has 0 spiro atoms. The average Bonchev–Trinajstić information content (AvgIpc) is 3.64. The number of aromatic nitrogens is 2. The molecule has 246 valence electrons. The number of nitrogens with one attached hydrogen (secondary N) is 4. The molecule has 5 N–H and O–H groups in total. The standard InChI is InChI=1S/C36H46N4O6/c1-10-23-19(5)35(44)39-27(23)14-25-21(7)33(17(3)12-31(41)42)29(37-25)16-30-34(18(4)13-32(43)46-9)22(8)26(38-30)15-28-24(11-2)20(6)36(45)40-28/h14-15,17-18,37-38H,10-13,16H2,1-9H3,(H,39,44)(H,40,45)(H,41,42)/b27-14+,28-15-/t17-,18-/m0/s1. The number of carbonyl (C=O) groups excluding carboxylic acids is 3. The lowest BCUT2D eigenvalue weighted by Crippen LogP contribution is -2.15. The van der Waals surface area contributed by atoms with Gasteiger partial charge in [0.05, 0.1) is 20.0 Å². The number of carbonyl (C=O) groups is 4. The van der Waals surface area contributed by atoms with Crippen molar-refractivity contribution in [3.05, 3.63) is 78.7 Å². The maximum atomic E-state index is 12.5. The smallest absolute Gasteiger partial charge is 0.306 e. The maximum Gasteiger partial charge on any atom is 0.306 e. The number of aromatic amines is 2. The Labute approximate surface area is 270 Å². The third-order valence-electron chi connectivity index (χ3n) is 9.38. The van der Waals surface area contributed by atoms with Gasteiger partial charge in [-0.3, -0.25) is 19.2 Å². The van der Waals surface area contributed by atoms with Crippen LogP contribution in [0.1, 0.15) is 124 Å². The Morgan fingerprint density at radius 1 is 0.761 bits per heavy atom. The Bertz CT molecular complexity index is 1730. The lowest BCUT2D eigenvalue weighted by molar-refractivity contribution is -0.141. The van der Waals surface area contributed by atoms with Crippen molar-refractivity contribution in [1.29, 1.82) is 0 Å². The molecule has 0 unspecified atom stereocenters. The molecule has 0 aliphatic carbocycles. The van der Waals surface area contributed by atoms with E-state index >= 15 is 0 Å². The second-order valence-corrected chi connectivity index (χ2v) is 12.4. The number of hydrogen-bond acceptors (Lipinski definition) is 5. The molecule has 2 amide bonds. The van der Waals surface area contributed by atoms with Crippen LogP contribution in [0.4, 0.5) is 0 Å². The Morgan fingerprint density at radius 3 is 1.54 bits per heavy atom. The number of esters is 1. The number of carboxylic acids is 1. The predicted molar refractivity (Wildman–Crippen MR) is 178 cm³/mol. The van der Waals surface area contributed by atoms with Gasteiger partial charge in [-0.1, -0.05) is 27.7 Å². The van der Waals surface area contributed by atoms with E-state index in [1.165, 1.54) is 7.11 Å². The quantitative estimate of drug-likeness (QED) is 0.176. The minimum Gasteiger partial charge on any atom is -0.481 e. The minimum absolute atomic E-state index is 0.0461. The minimum atomic E-state index is -0.889. The van der Waals surface area contributed by atoms with Crippen LogP contribution in [0.2, 0.25) is 0 Å². The van der Waals surface area contributed by atoms with Gasteiger partial charge in [-0.05, 0) is 97.9 Å². The molecule has 0 saturated heterocycles. The molecule has 2 aliphatic heterocycles. The highest BCUT2D eigenvalue weighted by Crippen LogP contribution is 2.37. The first-order valence-corrected chi connectivity index (χ1v) is 15.9. The summed E-state index contributed by atoms with van der Waals surface area (Å²) < 4.78 is 4.99. The number of ether oxygens (including phenoxy) is 1. The Morgan fingerprint density at radius 2 is 1.17 bits per heavy atom. The second-order valence-electron chi connectivity index (χ2n) is 12.4. The van der Waals surface area contributed by atoms with Crippen molar-refractivity contribution in [2.45, 2.75) is 99.3 Å². The van der Waals surface area contributed by atoms with Gasteiger partial charge in [0.25, 0.3) is 11.8 Å². The van der Waals surface area contributed by atoms with Crippen molar-refractivity contribution in [1.82, 2.24) is 20.6 Å². The van der Waals surface area contributed by atoms with Crippen LogP contribution in [0.25, 0.3) is 12.2 Å². The third kappa shape index (κ3) is 6.66. The average molecular weight is 631 g/mol. The summed E-state index contributed by atoms with van der Waals surface area (Å²) >= 11 is 0. The van der Waals surface area contributed by atoms with Crippen molar-refractivity contribution < 1.29 is 29.0 Å². The van der Waals surface area contributed by atoms with Crippen molar-refractivity contribution >= 4 is 35.9 Å². The molecule has 0 aromatic carbocycles. The van der Waals surface area contributed by atoms with Crippen molar-refractivity contribution in [2.24, 2.45) is 0 Å². The zero-order valence-corrected chi connectivity index (χ0v) is 28.3. The highest BCUT2D eigenvalue weighted by Gasteiger charge is 2.28. The molecule has 2 aliphatic rings. The van der Waals surface area contributed by atoms with E-state index in [1.54, 1.807) is 0 Å². The summed E-state index contributed by atoms with van der Waals surface area (Å²) in [4.78, 5) is 56.3. The van der Waals surface area contributed by atoms with E-state index in [0.29, 0.717) is 30.4 Å². The highest BCUT2D eigenvalue weighted by atomic mass is 16.5. The molecular formula is C36H46N4O6. The van der Waals surface area contributed by atoms with E-state index in [4.69, 9.17) is 4.74 Å². The van der Waals surface area contributed by atoms with E-state index in [0.717, 1.165) is 67.6 Å². The van der Waals surface area contributed by atoms with Crippen LogP contribution in [-0.4, -0.2) is 45.9 Å². The first-order valence-electron chi connectivity index (χ1n) is 15.9. The molecule has 2 aromatic heterocycles. The normalized spacial score (nSPS) is 18.1. The molecule has 4 rings (SSSR count). The predicted octanol–water partition coefficient (Wildman–Crippen LogP) is 6.19. The van der Waals surface area contributed by atoms with Crippen LogP contribution in [0.5, 0.6) is 0 Å². The monoisotopic (exact) mass is 630 g/mol. The number of rotatable bonds is 12. The van der Waals surface area contributed by atoms with Gasteiger partial charge in [-0.2, -0.15) is 0 Å². The summed E-state index contributed by atoms with van der Waals surface area (Å²) in [6.45, 7) is 15.5. The van der Waals surface area contributed by atoms with Gasteiger partial charge in [-0.15, -0.1) is 0 Å². The fourth-order valence-corrected chi connectivity index (χ4v) is 6.98. The van der Waals surface area contributed by atoms with E-state index in [-0.39, 0.29) is 42.5 Å². The number of amides is 2. The molecule has 0 radical (unpaired) electrons. The topological polar surface area (TPSA) is 153 Å². The fourth-order valence-electron chi connectivity index (χ4n) is 6.98. The molecule has 2 aromatic rings. The largest absolute Gasteiger partial charge is 0.481 e. The molecule has 2 atom stereocenters. The maximum absolute atomic E-state index is 12.5. The van der Waals surface area contributed by atoms with Crippen molar-refractivity contribution in [3.63, 3.8) is 0 Å². The summed E-state index contributed by atoms with van der Waals surface area (Å²) in [6, 6.07) is 0. The van der Waals surface area contributed by atoms with Crippen LogP contribution in [0.15, 0.2) is 33.7 Å². The first kappa shape index (κ1) is 34.3. The molecule has 4 heterocycles. The molecule has 10 heteroatoms. The Balaban J connectivity index is 1.87. The summed E-state index contributed by atoms with van der Waals surface area (Å²) in [5.41, 5.74) is 11.9. The van der Waals surface area contributed by atoms with Crippen molar-refractivity contribution in [3.8, 4) is 0 Å². The zero-order valence-electron chi connectivity index (χ0n) is 28.3. The van der Waals surface area contributed by atoms with Crippen LogP contribution >= 0.6 is 0 Å². The van der Waals surface area contributed by atoms with Gasteiger partial charge in [0.1, 0.15) is 0 Å². The van der Waals surface area contributed by atoms with E-state index in [9.17, 15) is 24.3 Å². The van der Waals surface area contributed by atoms with E-state index < -0.39 is 5.97 Å². The van der Waals surface area contributed by atoms with Gasteiger partial charge in [0.15, 0.2) is 0 Å². The van der Waals surface area contributed by atoms with Gasteiger partial charge < -0.3 is 30.4 Å². The number of carboxylic acid groups (broad SMARTS) is 1. The molecule has 10 nitrogen and oxygen atoms in total. The van der Waals surface area contributed by atoms with E-state index in [2.05, 4.69) is 20.6 Å². The van der Waals surface area contributed by atoms with Gasteiger partial charge >= 0.3 is 11.9 Å². The number of aliphatic carboxylic acids is 1. The first-order chi connectivity index (χ1) is 21.7. The summed E-state index contributed by atoms with van der Waals surface area (Å²) in [7, 11) is 1.38. The Kier molecular flexibility index (Phi) is 10.3. The lowest BCUT2D eigenvalue weighted by Gasteiger charge is -2.15. The molecule has 0 saturated carbocycles. The highest BCUT2D eigenvalue weighted by molar-refractivity contribution is 6.01. The lowest BCUT2D eigenvalue weighted by atomic mass is 9.89. The summed E-state index contributed by atoms with van der Waals surface area (Å²) in [6.07, 6.45) is 5.84. The number of H-pyrrole nitrogens is 2. The SMILES string of the molecule is CCC1=C(C)C(=O)N/C1=C\c1[nH]c(Cc2[nH]c(/C=C3/NC(=O)C(C)=C3CC)c(C)c2[C@@H](C)CC(=O)O)c([C@@H](C)CC(=O)OC)c1C. The van der Waals surface area contributed by atoms with Gasteiger partial charge in [0, 0.05) is 51.7 Å². The second kappa shape index (κ2) is 13.8. The van der Waals surface area contributed by atoms with Crippen LogP contribution in [-0.2, 0) is 30.3 Å². The molecular weight excluding hydrogens is 584 g/mol. The molecule has 0 bridgehead atoms.